The van der Waals surface area contributed by atoms with Crippen LogP contribution in [0.5, 0.6) is 11.7 Å². The summed E-state index contributed by atoms with van der Waals surface area (Å²) >= 11 is 5.88. The summed E-state index contributed by atoms with van der Waals surface area (Å²) in [5, 5.41) is 6.40. The van der Waals surface area contributed by atoms with Crippen LogP contribution >= 0.6 is 11.6 Å². The van der Waals surface area contributed by atoms with Crippen LogP contribution < -0.4 is 4.74 Å². The Balaban J connectivity index is 1.73. The van der Waals surface area contributed by atoms with Gasteiger partial charge in [-0.3, -0.25) is 14.7 Å². The molecule has 0 fully saturated rings. The molecule has 0 amide bonds. The molecular formula is C15H10ClN3O4. The van der Waals surface area contributed by atoms with E-state index in [4.69, 9.17) is 20.8 Å². The van der Waals surface area contributed by atoms with Crippen LogP contribution in [0.25, 0.3) is 0 Å². The van der Waals surface area contributed by atoms with E-state index >= 15 is 0 Å². The van der Waals surface area contributed by atoms with Crippen molar-refractivity contribution in [2.75, 3.05) is 0 Å². The number of furan rings is 1. The van der Waals surface area contributed by atoms with Gasteiger partial charge < -0.3 is 9.15 Å². The summed E-state index contributed by atoms with van der Waals surface area (Å²) in [6, 6.07) is 8.29. The number of benzene rings is 1. The second-order valence-electron chi connectivity index (χ2n) is 4.56. The molecule has 0 saturated carbocycles. The maximum atomic E-state index is 12.0. The Bertz CT molecular complexity index is 842. The van der Waals surface area contributed by atoms with E-state index in [0.717, 1.165) is 6.33 Å². The van der Waals surface area contributed by atoms with Crippen LogP contribution in [0.3, 0.4) is 0 Å². The highest BCUT2D eigenvalue weighted by Crippen LogP contribution is 2.28. The molecule has 3 aromatic rings. The van der Waals surface area contributed by atoms with Crippen LogP contribution in [0.1, 0.15) is 16.2 Å². The van der Waals surface area contributed by atoms with Crippen LogP contribution in [-0.2, 0) is 11.2 Å². The molecule has 0 spiro atoms. The maximum absolute atomic E-state index is 12.0. The van der Waals surface area contributed by atoms with Gasteiger partial charge in [0.1, 0.15) is 12.1 Å². The average Bonchev–Trinajstić information content (AvgIpc) is 3.19. The van der Waals surface area contributed by atoms with Gasteiger partial charge in [0.05, 0.1) is 6.26 Å². The average molecular weight is 332 g/mol. The quantitative estimate of drug-likeness (QED) is 0.551. The minimum Gasteiger partial charge on any atom is -0.434 e. The monoisotopic (exact) mass is 331 g/mol. The number of rotatable bonds is 6. The van der Waals surface area contributed by atoms with Crippen molar-refractivity contribution in [3.63, 3.8) is 0 Å². The number of nitrogens with zero attached hydrogens (tertiary/aromatic N) is 2. The molecule has 2 heterocycles. The number of hydrogen-bond donors (Lipinski definition) is 1. The topological polar surface area (TPSA) is 98.1 Å². The molecular weight excluding hydrogens is 322 g/mol. The fraction of sp³-hybridized carbons (Fsp3) is 0.0667. The summed E-state index contributed by atoms with van der Waals surface area (Å²) in [5.41, 5.74) is 0.447. The Morgan fingerprint density at radius 2 is 2.17 bits per heavy atom. The van der Waals surface area contributed by atoms with Crippen molar-refractivity contribution in [1.29, 1.82) is 0 Å². The van der Waals surface area contributed by atoms with Crippen molar-refractivity contribution in [2.24, 2.45) is 0 Å². The molecule has 0 aliphatic heterocycles. The van der Waals surface area contributed by atoms with E-state index in [1.165, 1.54) is 6.26 Å². The number of nitrogens with one attached hydrogen (secondary N) is 1. The summed E-state index contributed by atoms with van der Waals surface area (Å²) in [6.07, 6.45) is 2.36. The number of carbonyl (C=O) groups excluding carboxylic acids is 2. The molecule has 0 aliphatic carbocycles. The molecule has 0 aliphatic rings. The van der Waals surface area contributed by atoms with Crippen molar-refractivity contribution in [2.45, 2.75) is 6.42 Å². The Morgan fingerprint density at radius 3 is 2.91 bits per heavy atom. The number of Topliss-reactive ketones (excluding diaryl/α,β-unsaturated/α-hetero) is 2. The number of halogens is 1. The predicted octanol–water partition coefficient (Wildman–Crippen LogP) is 2.84. The van der Waals surface area contributed by atoms with Gasteiger partial charge in [0.2, 0.25) is 5.78 Å². The largest absolute Gasteiger partial charge is 0.434 e. The molecule has 1 aromatic carbocycles. The Hall–Kier alpha value is -2.93. The van der Waals surface area contributed by atoms with Crippen LogP contribution in [-0.4, -0.2) is 26.7 Å². The summed E-state index contributed by atoms with van der Waals surface area (Å²) in [4.78, 5) is 27.5. The molecule has 116 valence electrons. The molecule has 0 saturated heterocycles. The lowest BCUT2D eigenvalue weighted by molar-refractivity contribution is -0.114. The zero-order valence-corrected chi connectivity index (χ0v) is 12.4. The minimum absolute atomic E-state index is 0.101. The first-order chi connectivity index (χ1) is 11.1. The highest BCUT2D eigenvalue weighted by atomic mass is 35.5. The third-order valence-electron chi connectivity index (χ3n) is 2.95. The Labute approximate surface area is 135 Å². The highest BCUT2D eigenvalue weighted by molar-refractivity contribution is 6.43. The molecule has 3 rings (SSSR count). The van der Waals surface area contributed by atoms with E-state index < -0.39 is 11.6 Å². The Morgan fingerprint density at radius 1 is 1.30 bits per heavy atom. The van der Waals surface area contributed by atoms with Crippen molar-refractivity contribution < 1.29 is 18.7 Å². The number of carbonyl (C=O) groups is 2. The van der Waals surface area contributed by atoms with Crippen molar-refractivity contribution in [3.05, 3.63) is 59.3 Å². The lowest BCUT2D eigenvalue weighted by Crippen LogP contribution is -2.18. The maximum Gasteiger partial charge on any atom is 0.293 e. The van der Waals surface area contributed by atoms with E-state index in [0.29, 0.717) is 16.3 Å². The molecule has 0 radical (unpaired) electrons. The van der Waals surface area contributed by atoms with E-state index in [1.807, 2.05) is 0 Å². The van der Waals surface area contributed by atoms with Gasteiger partial charge >= 0.3 is 0 Å². The summed E-state index contributed by atoms with van der Waals surface area (Å²) in [6.45, 7) is 0. The van der Waals surface area contributed by atoms with E-state index in [2.05, 4.69) is 15.2 Å². The minimum atomic E-state index is -0.752. The number of ketones is 2. The molecule has 0 atom stereocenters. The molecule has 1 N–H and O–H groups in total. The fourth-order valence-electron chi connectivity index (χ4n) is 1.88. The van der Waals surface area contributed by atoms with Crippen LogP contribution in [0.2, 0.25) is 5.02 Å². The first-order valence-corrected chi connectivity index (χ1v) is 6.94. The Kier molecular flexibility index (Phi) is 4.20. The van der Waals surface area contributed by atoms with E-state index in [-0.39, 0.29) is 18.2 Å². The first kappa shape index (κ1) is 15.0. The van der Waals surface area contributed by atoms with Gasteiger partial charge in [-0.15, -0.1) is 0 Å². The van der Waals surface area contributed by atoms with Gasteiger partial charge in [0.15, 0.2) is 5.82 Å². The van der Waals surface area contributed by atoms with E-state index in [1.54, 1.807) is 30.3 Å². The van der Waals surface area contributed by atoms with Gasteiger partial charge in [-0.1, -0.05) is 17.7 Å². The molecule has 23 heavy (non-hydrogen) atoms. The molecule has 0 unspecified atom stereocenters. The summed E-state index contributed by atoms with van der Waals surface area (Å²) in [7, 11) is 0. The number of aromatic amines is 1. The molecule has 0 bridgehead atoms. The predicted molar refractivity (Wildman–Crippen MR) is 79.7 cm³/mol. The second-order valence-corrected chi connectivity index (χ2v) is 4.99. The highest BCUT2D eigenvalue weighted by Gasteiger charge is 2.22. The van der Waals surface area contributed by atoms with Crippen molar-refractivity contribution in [1.82, 2.24) is 15.2 Å². The van der Waals surface area contributed by atoms with E-state index in [9.17, 15) is 9.59 Å². The van der Waals surface area contributed by atoms with Gasteiger partial charge in [-0.2, -0.15) is 5.10 Å². The number of hydrogen-bond acceptors (Lipinski definition) is 6. The zero-order chi connectivity index (χ0) is 16.2. The van der Waals surface area contributed by atoms with Crippen molar-refractivity contribution in [3.8, 4) is 11.7 Å². The third-order valence-corrected chi connectivity index (χ3v) is 3.18. The lowest BCUT2D eigenvalue weighted by atomic mass is 10.1. The molecule has 7 nitrogen and oxygen atoms in total. The van der Waals surface area contributed by atoms with Gasteiger partial charge in [0.25, 0.3) is 11.7 Å². The lowest BCUT2D eigenvalue weighted by Gasteiger charge is -2.04. The zero-order valence-electron chi connectivity index (χ0n) is 11.7. The van der Waals surface area contributed by atoms with Crippen molar-refractivity contribution >= 4 is 23.2 Å². The fourth-order valence-corrected chi connectivity index (χ4v) is 2.06. The SMILES string of the molecule is O=C(Cc1ccoc1Oc1cccc(Cl)c1)C(=O)c1ncn[nH]1. The van der Waals surface area contributed by atoms with Crippen LogP contribution in [0.15, 0.2) is 47.3 Å². The summed E-state index contributed by atoms with van der Waals surface area (Å²) < 4.78 is 10.8. The summed E-state index contributed by atoms with van der Waals surface area (Å²) in [5.74, 6) is -0.916. The number of H-pyrrole nitrogens is 1. The first-order valence-electron chi connectivity index (χ1n) is 6.56. The number of aromatic nitrogens is 3. The standard InChI is InChI=1S/C15H10ClN3O4/c16-10-2-1-3-11(7-10)23-15-9(4-5-22-15)6-12(20)13(21)14-17-8-18-19-14/h1-5,7-8H,6H2,(H,17,18,19). The smallest absolute Gasteiger partial charge is 0.293 e. The normalized spacial score (nSPS) is 10.5. The number of ether oxygens (including phenoxy) is 1. The molecule has 2 aromatic heterocycles. The van der Waals surface area contributed by atoms with Crippen LogP contribution in [0, 0.1) is 0 Å². The third kappa shape index (κ3) is 3.46. The van der Waals surface area contributed by atoms with Gasteiger partial charge in [-0.25, -0.2) is 4.98 Å². The van der Waals surface area contributed by atoms with Gasteiger partial charge in [0, 0.05) is 17.0 Å². The second kappa shape index (κ2) is 6.45. The molecule has 8 heteroatoms. The van der Waals surface area contributed by atoms with Gasteiger partial charge in [-0.05, 0) is 24.3 Å². The van der Waals surface area contributed by atoms with Crippen LogP contribution in [0.4, 0.5) is 0 Å².